The maximum atomic E-state index is 11.1. The quantitative estimate of drug-likeness (QED) is 0.707. The summed E-state index contributed by atoms with van der Waals surface area (Å²) in [5, 5.41) is 5.95. The summed E-state index contributed by atoms with van der Waals surface area (Å²) in [5.74, 6) is 1.61. The Morgan fingerprint density at radius 1 is 1.12 bits per heavy atom. The van der Waals surface area contributed by atoms with Crippen molar-refractivity contribution < 1.29 is 17.9 Å². The van der Waals surface area contributed by atoms with Gasteiger partial charge in [-0.3, -0.25) is 9.71 Å². The fraction of sp³-hybridized carbons (Fsp3) is 0.0625. The number of pyridine rings is 1. The fourth-order valence-electron chi connectivity index (χ4n) is 2.25. The summed E-state index contributed by atoms with van der Waals surface area (Å²) in [6.07, 6.45) is 1.61. The van der Waals surface area contributed by atoms with Gasteiger partial charge in [0, 0.05) is 17.6 Å². The first kappa shape index (κ1) is 17.3. The Bertz CT molecular complexity index is 1040. The molecule has 0 bridgehead atoms. The molecule has 1 heterocycles. The average Bonchev–Trinajstić information content (AvgIpc) is 2.55. The van der Waals surface area contributed by atoms with Crippen LogP contribution >= 0.6 is 11.6 Å². The topological polar surface area (TPSA) is 104 Å². The van der Waals surface area contributed by atoms with Crippen LogP contribution in [-0.4, -0.2) is 20.5 Å². The van der Waals surface area contributed by atoms with Gasteiger partial charge in [0.15, 0.2) is 0 Å². The van der Waals surface area contributed by atoms with Gasteiger partial charge in [0.05, 0.1) is 23.3 Å². The molecule has 0 aliphatic heterocycles. The lowest BCUT2D eigenvalue weighted by Gasteiger charge is -2.12. The minimum atomic E-state index is -3.87. The number of halogens is 1. The number of fused-ring (bicyclic) bond motifs is 1. The molecule has 25 heavy (non-hydrogen) atoms. The summed E-state index contributed by atoms with van der Waals surface area (Å²) in [6.45, 7) is 0. The van der Waals surface area contributed by atoms with Gasteiger partial charge < -0.3 is 9.47 Å². The third kappa shape index (κ3) is 4.11. The summed E-state index contributed by atoms with van der Waals surface area (Å²) in [7, 11) is -2.29. The van der Waals surface area contributed by atoms with Crippen LogP contribution in [0.3, 0.4) is 0 Å². The highest BCUT2D eigenvalue weighted by Crippen LogP contribution is 2.35. The number of aromatic nitrogens is 1. The van der Waals surface area contributed by atoms with Gasteiger partial charge in [-0.05, 0) is 36.4 Å². The van der Waals surface area contributed by atoms with E-state index in [1.807, 2.05) is 6.07 Å². The molecule has 1 aromatic heterocycles. The predicted molar refractivity (Wildman–Crippen MR) is 96.6 cm³/mol. The van der Waals surface area contributed by atoms with E-state index in [9.17, 15) is 8.42 Å². The second-order valence-corrected chi connectivity index (χ2v) is 6.79. The molecule has 3 rings (SSSR count). The third-order valence-corrected chi connectivity index (χ3v) is 4.14. The summed E-state index contributed by atoms with van der Waals surface area (Å²) >= 11 is 6.17. The van der Waals surface area contributed by atoms with E-state index in [0.29, 0.717) is 22.8 Å². The van der Waals surface area contributed by atoms with E-state index in [0.717, 1.165) is 5.39 Å². The van der Waals surface area contributed by atoms with E-state index >= 15 is 0 Å². The van der Waals surface area contributed by atoms with Crippen LogP contribution in [0.15, 0.2) is 48.7 Å². The lowest BCUT2D eigenvalue weighted by molar-refractivity contribution is 0.415. The Morgan fingerprint density at radius 2 is 1.92 bits per heavy atom. The minimum absolute atomic E-state index is 0.229. The number of rotatable bonds is 5. The van der Waals surface area contributed by atoms with E-state index in [4.69, 9.17) is 26.2 Å². The number of hydrogen-bond acceptors (Lipinski definition) is 5. The fourth-order valence-corrected chi connectivity index (χ4v) is 2.92. The Kier molecular flexibility index (Phi) is 4.67. The Balaban J connectivity index is 1.93. The number of methoxy groups -OCH3 is 1. The van der Waals surface area contributed by atoms with Crippen LogP contribution < -0.4 is 19.3 Å². The molecule has 130 valence electrons. The van der Waals surface area contributed by atoms with Gasteiger partial charge in [0.2, 0.25) is 0 Å². The molecule has 7 nitrogen and oxygen atoms in total. The van der Waals surface area contributed by atoms with Gasteiger partial charge in [0.25, 0.3) is 10.2 Å². The molecule has 0 aliphatic rings. The molecule has 0 atom stereocenters. The van der Waals surface area contributed by atoms with Crippen molar-refractivity contribution in [2.75, 3.05) is 11.8 Å². The highest BCUT2D eigenvalue weighted by atomic mass is 35.5. The lowest BCUT2D eigenvalue weighted by atomic mass is 10.2. The van der Waals surface area contributed by atoms with E-state index in [-0.39, 0.29) is 10.7 Å². The Morgan fingerprint density at radius 3 is 2.60 bits per heavy atom. The maximum absolute atomic E-state index is 11.1. The summed E-state index contributed by atoms with van der Waals surface area (Å²) in [5.41, 5.74) is 0.949. The zero-order chi connectivity index (χ0) is 18.0. The molecular weight excluding hydrogens is 366 g/mol. The highest BCUT2D eigenvalue weighted by molar-refractivity contribution is 7.90. The first-order valence-corrected chi connectivity index (χ1v) is 8.99. The number of benzene rings is 2. The maximum Gasteiger partial charge on any atom is 0.296 e. The largest absolute Gasteiger partial charge is 0.497 e. The molecular formula is C16H14ClN3O4S. The summed E-state index contributed by atoms with van der Waals surface area (Å²) in [4.78, 5) is 4.29. The van der Waals surface area contributed by atoms with Crippen LogP contribution in [0.4, 0.5) is 5.69 Å². The molecule has 0 spiro atoms. The smallest absolute Gasteiger partial charge is 0.296 e. The molecule has 2 aromatic carbocycles. The average molecular weight is 380 g/mol. The summed E-state index contributed by atoms with van der Waals surface area (Å²) < 4.78 is 35.3. The van der Waals surface area contributed by atoms with Gasteiger partial charge in [0.1, 0.15) is 17.2 Å². The van der Waals surface area contributed by atoms with E-state index < -0.39 is 10.2 Å². The van der Waals surface area contributed by atoms with Gasteiger partial charge >= 0.3 is 0 Å². The summed E-state index contributed by atoms with van der Waals surface area (Å²) in [6, 6.07) is 11.6. The number of anilines is 1. The van der Waals surface area contributed by atoms with Crippen LogP contribution in [0, 0.1) is 0 Å². The van der Waals surface area contributed by atoms with Crippen molar-refractivity contribution in [3.05, 3.63) is 53.7 Å². The van der Waals surface area contributed by atoms with Crippen molar-refractivity contribution in [1.82, 2.24) is 4.98 Å². The molecule has 0 amide bonds. The predicted octanol–water partition coefficient (Wildman–Crippen LogP) is 3.30. The van der Waals surface area contributed by atoms with Gasteiger partial charge in [-0.1, -0.05) is 11.6 Å². The Hall–Kier alpha value is -2.55. The molecule has 9 heteroatoms. The number of nitrogens with one attached hydrogen (secondary N) is 1. The van der Waals surface area contributed by atoms with Crippen LogP contribution in [-0.2, 0) is 10.2 Å². The molecule has 0 saturated heterocycles. The zero-order valence-corrected chi connectivity index (χ0v) is 14.6. The minimum Gasteiger partial charge on any atom is -0.497 e. The monoisotopic (exact) mass is 379 g/mol. The van der Waals surface area contributed by atoms with E-state index in [1.54, 1.807) is 37.6 Å². The first-order chi connectivity index (χ1) is 11.9. The first-order valence-electron chi connectivity index (χ1n) is 7.06. The highest BCUT2D eigenvalue weighted by Gasteiger charge is 2.10. The number of nitrogens with zero attached hydrogens (tertiary/aromatic N) is 1. The van der Waals surface area contributed by atoms with Crippen molar-refractivity contribution in [2.45, 2.75) is 0 Å². The molecule has 3 N–H and O–H groups in total. The second kappa shape index (κ2) is 6.75. The lowest BCUT2D eigenvalue weighted by Crippen LogP contribution is -2.21. The van der Waals surface area contributed by atoms with Crippen molar-refractivity contribution in [1.29, 1.82) is 0 Å². The van der Waals surface area contributed by atoms with Gasteiger partial charge in [-0.15, -0.1) is 0 Å². The Labute approximate surface area is 149 Å². The number of hydrogen-bond donors (Lipinski definition) is 2. The molecule has 0 aliphatic carbocycles. The zero-order valence-electron chi connectivity index (χ0n) is 13.1. The van der Waals surface area contributed by atoms with Crippen molar-refractivity contribution in [3.8, 4) is 17.2 Å². The standard InChI is InChI=1S/C16H14ClN3O4S/c1-23-11-3-4-12-14(9-11)19-7-6-15(12)24-16-5-2-10(8-13(16)17)20-25(18,21)22/h2-9,20H,1H3,(H2,18,21,22). The van der Waals surface area contributed by atoms with Crippen LogP contribution in [0.1, 0.15) is 0 Å². The van der Waals surface area contributed by atoms with Crippen molar-refractivity contribution in [3.63, 3.8) is 0 Å². The van der Waals surface area contributed by atoms with Crippen molar-refractivity contribution >= 4 is 38.4 Å². The van der Waals surface area contributed by atoms with Crippen LogP contribution in [0.2, 0.25) is 5.02 Å². The van der Waals surface area contributed by atoms with Gasteiger partial charge in [-0.2, -0.15) is 8.42 Å². The molecule has 0 unspecified atom stereocenters. The van der Waals surface area contributed by atoms with Crippen LogP contribution in [0.25, 0.3) is 10.9 Å². The number of ether oxygens (including phenoxy) is 2. The third-order valence-electron chi connectivity index (χ3n) is 3.32. The molecule has 0 saturated carbocycles. The second-order valence-electron chi connectivity index (χ2n) is 5.09. The normalized spacial score (nSPS) is 11.3. The molecule has 3 aromatic rings. The SMILES string of the molecule is COc1ccc2c(Oc3ccc(NS(N)(=O)=O)cc3Cl)ccnc2c1. The number of nitrogens with two attached hydrogens (primary N) is 1. The van der Waals surface area contributed by atoms with E-state index in [1.165, 1.54) is 12.1 Å². The molecule has 0 radical (unpaired) electrons. The molecule has 0 fully saturated rings. The van der Waals surface area contributed by atoms with Gasteiger partial charge in [-0.25, -0.2) is 5.14 Å². The van der Waals surface area contributed by atoms with Crippen molar-refractivity contribution in [2.24, 2.45) is 5.14 Å². The van der Waals surface area contributed by atoms with Crippen LogP contribution in [0.5, 0.6) is 17.2 Å². The van der Waals surface area contributed by atoms with E-state index in [2.05, 4.69) is 9.71 Å².